The minimum Gasteiger partial charge on any atom is -0.331 e. The van der Waals surface area contributed by atoms with Gasteiger partial charge in [-0.3, -0.25) is 0 Å². The fraction of sp³-hybridized carbons (Fsp3) is 0.200. The molecule has 0 aliphatic carbocycles. The van der Waals surface area contributed by atoms with Crippen LogP contribution in [0.4, 0.5) is 0 Å². The molecular weight excluding hydrogens is 233 g/mol. The Morgan fingerprint density at radius 2 is 2.13 bits per heavy atom. The number of rotatable bonds is 2. The first-order valence-corrected chi connectivity index (χ1v) is 5.20. The lowest BCUT2D eigenvalue weighted by Crippen LogP contribution is -2.01. The smallest absolute Gasteiger partial charge is 0.130 e. The maximum atomic E-state index is 6.04. The zero-order chi connectivity index (χ0) is 10.8. The molecule has 0 aromatic carbocycles. The van der Waals surface area contributed by atoms with E-state index in [4.69, 9.17) is 23.2 Å². The number of pyridine rings is 1. The number of halogens is 2. The molecule has 0 aliphatic rings. The molecule has 0 bridgehead atoms. The second kappa shape index (κ2) is 4.21. The number of aromatic nitrogens is 3. The van der Waals surface area contributed by atoms with Crippen LogP contribution in [0.5, 0.6) is 0 Å². The topological polar surface area (TPSA) is 30.7 Å². The van der Waals surface area contributed by atoms with Crippen LogP contribution in [0.1, 0.15) is 11.4 Å². The lowest BCUT2D eigenvalue weighted by atomic mass is 10.3. The van der Waals surface area contributed by atoms with Gasteiger partial charge in [0, 0.05) is 24.2 Å². The molecule has 0 fully saturated rings. The quantitative estimate of drug-likeness (QED) is 0.758. The summed E-state index contributed by atoms with van der Waals surface area (Å²) < 4.78 is 2.00. The van der Waals surface area contributed by atoms with Crippen LogP contribution < -0.4 is 0 Å². The third kappa shape index (κ3) is 2.30. The summed E-state index contributed by atoms with van der Waals surface area (Å²) in [6, 6.07) is 1.64. The van der Waals surface area contributed by atoms with Crippen molar-refractivity contribution in [3.8, 4) is 0 Å². The van der Waals surface area contributed by atoms with E-state index in [1.165, 1.54) is 0 Å². The predicted octanol–water partition coefficient (Wildman–Crippen LogP) is 2.94. The summed E-state index contributed by atoms with van der Waals surface area (Å²) in [5.41, 5.74) is 0.933. The molecule has 0 N–H and O–H groups in total. The summed E-state index contributed by atoms with van der Waals surface area (Å²) in [5, 5.41) is 1.04. The normalized spacial score (nSPS) is 10.6. The SMILES string of the molecule is Cc1nccn1Cc1cnc(Cl)cc1Cl. The van der Waals surface area contributed by atoms with Crippen molar-refractivity contribution in [2.75, 3.05) is 0 Å². The minimum absolute atomic E-state index is 0.408. The number of nitrogens with zero attached hydrogens (tertiary/aromatic N) is 3. The Hall–Kier alpha value is -1.06. The Balaban J connectivity index is 2.29. The van der Waals surface area contributed by atoms with Gasteiger partial charge in [0.25, 0.3) is 0 Å². The van der Waals surface area contributed by atoms with E-state index in [1.54, 1.807) is 18.5 Å². The highest BCUT2D eigenvalue weighted by atomic mass is 35.5. The van der Waals surface area contributed by atoms with Crippen molar-refractivity contribution in [3.05, 3.63) is 46.2 Å². The maximum Gasteiger partial charge on any atom is 0.130 e. The van der Waals surface area contributed by atoms with Crippen molar-refractivity contribution in [3.63, 3.8) is 0 Å². The van der Waals surface area contributed by atoms with Crippen LogP contribution in [0.25, 0.3) is 0 Å². The van der Waals surface area contributed by atoms with E-state index < -0.39 is 0 Å². The molecule has 5 heteroatoms. The average molecular weight is 242 g/mol. The molecule has 3 nitrogen and oxygen atoms in total. The van der Waals surface area contributed by atoms with Gasteiger partial charge >= 0.3 is 0 Å². The van der Waals surface area contributed by atoms with Gasteiger partial charge in [-0.15, -0.1) is 0 Å². The maximum absolute atomic E-state index is 6.04. The number of imidazole rings is 1. The molecule has 15 heavy (non-hydrogen) atoms. The molecule has 2 aromatic rings. The Kier molecular flexibility index (Phi) is 2.93. The first-order valence-electron chi connectivity index (χ1n) is 4.44. The van der Waals surface area contributed by atoms with Crippen molar-refractivity contribution in [1.29, 1.82) is 0 Å². The van der Waals surface area contributed by atoms with Crippen LogP contribution in [0.15, 0.2) is 24.7 Å². The average Bonchev–Trinajstić information content (AvgIpc) is 2.57. The van der Waals surface area contributed by atoms with E-state index in [2.05, 4.69) is 9.97 Å². The van der Waals surface area contributed by atoms with Gasteiger partial charge in [0.2, 0.25) is 0 Å². The van der Waals surface area contributed by atoms with Gasteiger partial charge in [-0.05, 0) is 13.0 Å². The van der Waals surface area contributed by atoms with E-state index >= 15 is 0 Å². The van der Waals surface area contributed by atoms with Gasteiger partial charge in [0.15, 0.2) is 0 Å². The summed E-state index contributed by atoms with van der Waals surface area (Å²) in [6.07, 6.45) is 5.34. The number of hydrogen-bond acceptors (Lipinski definition) is 2. The molecule has 0 unspecified atom stereocenters. The number of hydrogen-bond donors (Lipinski definition) is 0. The van der Waals surface area contributed by atoms with Gasteiger partial charge in [0.1, 0.15) is 11.0 Å². The highest BCUT2D eigenvalue weighted by Crippen LogP contribution is 2.19. The fourth-order valence-electron chi connectivity index (χ4n) is 1.31. The molecule has 78 valence electrons. The third-order valence-corrected chi connectivity index (χ3v) is 2.72. The largest absolute Gasteiger partial charge is 0.331 e. The van der Waals surface area contributed by atoms with Crippen LogP contribution in [-0.2, 0) is 6.54 Å². The van der Waals surface area contributed by atoms with E-state index in [9.17, 15) is 0 Å². The summed E-state index contributed by atoms with van der Waals surface area (Å²) in [5.74, 6) is 0.945. The number of aryl methyl sites for hydroxylation is 1. The second-order valence-corrected chi connectivity index (χ2v) is 4.00. The van der Waals surface area contributed by atoms with E-state index in [0.29, 0.717) is 16.7 Å². The lowest BCUT2D eigenvalue weighted by molar-refractivity contribution is 0.759. The minimum atomic E-state index is 0.408. The van der Waals surface area contributed by atoms with Gasteiger partial charge < -0.3 is 4.57 Å². The van der Waals surface area contributed by atoms with Crippen LogP contribution in [-0.4, -0.2) is 14.5 Å². The van der Waals surface area contributed by atoms with Crippen LogP contribution in [0, 0.1) is 6.92 Å². The van der Waals surface area contributed by atoms with E-state index in [-0.39, 0.29) is 0 Å². The summed E-state index contributed by atoms with van der Waals surface area (Å²) in [6.45, 7) is 2.60. The Labute approximate surface area is 97.7 Å². The Morgan fingerprint density at radius 3 is 2.73 bits per heavy atom. The highest BCUT2D eigenvalue weighted by molar-refractivity contribution is 6.34. The van der Waals surface area contributed by atoms with Crippen molar-refractivity contribution in [2.24, 2.45) is 0 Å². The van der Waals surface area contributed by atoms with Crippen molar-refractivity contribution in [1.82, 2.24) is 14.5 Å². The third-order valence-electron chi connectivity index (χ3n) is 2.16. The molecule has 0 aliphatic heterocycles. The molecule has 2 aromatic heterocycles. The molecule has 2 rings (SSSR count). The summed E-state index contributed by atoms with van der Waals surface area (Å²) in [7, 11) is 0. The monoisotopic (exact) mass is 241 g/mol. The predicted molar refractivity (Wildman–Crippen MR) is 60.3 cm³/mol. The van der Waals surface area contributed by atoms with E-state index in [0.717, 1.165) is 11.4 Å². The lowest BCUT2D eigenvalue weighted by Gasteiger charge is -2.06. The van der Waals surface area contributed by atoms with E-state index in [1.807, 2.05) is 17.7 Å². The molecule has 0 amide bonds. The van der Waals surface area contributed by atoms with Crippen molar-refractivity contribution < 1.29 is 0 Å². The molecule has 0 spiro atoms. The molecule has 2 heterocycles. The molecule has 0 atom stereocenters. The van der Waals surface area contributed by atoms with Crippen LogP contribution >= 0.6 is 23.2 Å². The zero-order valence-electron chi connectivity index (χ0n) is 8.11. The summed E-state index contributed by atoms with van der Waals surface area (Å²) >= 11 is 11.8. The van der Waals surface area contributed by atoms with Gasteiger partial charge in [-0.1, -0.05) is 23.2 Å². The Morgan fingerprint density at radius 1 is 1.33 bits per heavy atom. The molecule has 0 saturated heterocycles. The van der Waals surface area contributed by atoms with Crippen LogP contribution in [0.3, 0.4) is 0 Å². The van der Waals surface area contributed by atoms with Crippen molar-refractivity contribution in [2.45, 2.75) is 13.5 Å². The van der Waals surface area contributed by atoms with Crippen LogP contribution in [0.2, 0.25) is 10.2 Å². The Bertz CT molecular complexity index is 479. The molecule has 0 saturated carbocycles. The first-order chi connectivity index (χ1) is 7.16. The first kappa shape index (κ1) is 10.5. The van der Waals surface area contributed by atoms with Gasteiger partial charge in [-0.2, -0.15) is 0 Å². The standard InChI is InChI=1S/C10H9Cl2N3/c1-7-13-2-3-15(7)6-8-5-14-10(12)4-9(8)11/h2-5H,6H2,1H3. The molecular formula is C10H9Cl2N3. The van der Waals surface area contributed by atoms with Gasteiger partial charge in [-0.25, -0.2) is 9.97 Å². The fourth-order valence-corrected chi connectivity index (χ4v) is 1.73. The summed E-state index contributed by atoms with van der Waals surface area (Å²) in [4.78, 5) is 8.13. The molecule has 0 radical (unpaired) electrons. The van der Waals surface area contributed by atoms with Crippen molar-refractivity contribution >= 4 is 23.2 Å². The highest BCUT2D eigenvalue weighted by Gasteiger charge is 2.04. The zero-order valence-corrected chi connectivity index (χ0v) is 9.63. The second-order valence-electron chi connectivity index (χ2n) is 3.20. The van der Waals surface area contributed by atoms with Gasteiger partial charge in [0.05, 0.1) is 11.6 Å².